The van der Waals surface area contributed by atoms with Crippen molar-refractivity contribution in [2.45, 2.75) is 26.9 Å². The van der Waals surface area contributed by atoms with Crippen LogP contribution >= 0.6 is 0 Å². The van der Waals surface area contributed by atoms with E-state index in [4.69, 9.17) is 9.52 Å². The number of rotatable bonds is 5. The first-order chi connectivity index (χ1) is 9.85. The molecule has 21 heavy (non-hydrogen) atoms. The first-order valence-corrected chi connectivity index (χ1v) is 6.43. The molecule has 2 rings (SSSR count). The lowest BCUT2D eigenvalue weighted by Crippen LogP contribution is -2.21. The highest BCUT2D eigenvalue weighted by Crippen LogP contribution is 2.16. The minimum atomic E-state index is -1.00. The van der Waals surface area contributed by atoms with Gasteiger partial charge in [-0.05, 0) is 27.0 Å². The molecule has 0 saturated heterocycles. The maximum absolute atomic E-state index is 11.4. The summed E-state index contributed by atoms with van der Waals surface area (Å²) in [5, 5.41) is 8.99. The second-order valence-corrected chi connectivity index (χ2v) is 4.99. The number of nitrogens with one attached hydrogen (secondary N) is 1. The third-order valence-corrected chi connectivity index (χ3v) is 2.96. The molecule has 2 aromatic heterocycles. The highest BCUT2D eigenvalue weighted by Gasteiger charge is 2.15. The van der Waals surface area contributed by atoms with Crippen molar-refractivity contribution in [2.75, 3.05) is 7.05 Å². The fraction of sp³-hybridized carbons (Fsp3) is 0.357. The number of carbonyl (C=O) groups is 1. The highest BCUT2D eigenvalue weighted by molar-refractivity contribution is 5.88. The summed E-state index contributed by atoms with van der Waals surface area (Å²) in [6.45, 7) is 4.23. The average Bonchev–Trinajstić information content (AvgIpc) is 2.68. The summed E-state index contributed by atoms with van der Waals surface area (Å²) < 4.78 is 5.42. The number of nitrogens with zero attached hydrogens (tertiary/aromatic N) is 2. The van der Waals surface area contributed by atoms with Crippen LogP contribution in [-0.4, -0.2) is 33.0 Å². The predicted molar refractivity (Wildman–Crippen MR) is 75.2 cm³/mol. The third-order valence-electron chi connectivity index (χ3n) is 2.96. The van der Waals surface area contributed by atoms with Crippen molar-refractivity contribution in [2.24, 2.45) is 0 Å². The van der Waals surface area contributed by atoms with Crippen molar-refractivity contribution in [1.29, 1.82) is 0 Å². The Labute approximate surface area is 121 Å². The molecule has 112 valence electrons. The molecular weight excluding hydrogens is 274 g/mol. The summed E-state index contributed by atoms with van der Waals surface area (Å²) in [7, 11) is 1.83. The van der Waals surface area contributed by atoms with Crippen LogP contribution < -0.4 is 5.56 Å². The number of aromatic carboxylic acids is 1. The number of hydrogen-bond donors (Lipinski definition) is 2. The van der Waals surface area contributed by atoms with Gasteiger partial charge in [-0.1, -0.05) is 0 Å². The van der Waals surface area contributed by atoms with Crippen LogP contribution in [0.5, 0.6) is 0 Å². The van der Waals surface area contributed by atoms with Crippen molar-refractivity contribution < 1.29 is 14.3 Å². The Morgan fingerprint density at radius 1 is 1.38 bits per heavy atom. The van der Waals surface area contributed by atoms with Gasteiger partial charge in [-0.2, -0.15) is 0 Å². The molecule has 0 aliphatic rings. The molecule has 0 aromatic carbocycles. The predicted octanol–water partition coefficient (Wildman–Crippen LogP) is 1.31. The van der Waals surface area contributed by atoms with E-state index in [-0.39, 0.29) is 11.1 Å². The normalized spacial score (nSPS) is 11.0. The molecule has 2 N–H and O–H groups in total. The van der Waals surface area contributed by atoms with E-state index in [0.29, 0.717) is 36.1 Å². The fourth-order valence-corrected chi connectivity index (χ4v) is 2.13. The van der Waals surface area contributed by atoms with Gasteiger partial charge >= 0.3 is 5.97 Å². The second-order valence-electron chi connectivity index (χ2n) is 4.99. The van der Waals surface area contributed by atoms with E-state index in [1.807, 2.05) is 11.9 Å². The SMILES string of the molecule is Cc1cc(=O)[nH]c(CN(C)Cc2cc(C(=O)O)c(C)o2)n1. The van der Waals surface area contributed by atoms with Gasteiger partial charge in [0.2, 0.25) is 0 Å². The zero-order valence-electron chi connectivity index (χ0n) is 12.1. The topological polar surface area (TPSA) is 99.4 Å². The van der Waals surface area contributed by atoms with Crippen molar-refractivity contribution >= 4 is 5.97 Å². The summed E-state index contributed by atoms with van der Waals surface area (Å²) in [5.41, 5.74) is 0.637. The number of carboxylic acids is 1. The van der Waals surface area contributed by atoms with E-state index in [1.54, 1.807) is 13.8 Å². The van der Waals surface area contributed by atoms with Gasteiger partial charge in [0.15, 0.2) is 0 Å². The maximum Gasteiger partial charge on any atom is 0.339 e. The lowest BCUT2D eigenvalue weighted by atomic mass is 10.2. The van der Waals surface area contributed by atoms with Crippen molar-refractivity contribution in [3.05, 3.63) is 51.1 Å². The second kappa shape index (κ2) is 5.92. The van der Waals surface area contributed by atoms with Crippen molar-refractivity contribution in [3.63, 3.8) is 0 Å². The molecule has 0 spiro atoms. The molecule has 0 unspecified atom stereocenters. The molecule has 0 aliphatic heterocycles. The molecule has 2 heterocycles. The number of aromatic nitrogens is 2. The van der Waals surface area contributed by atoms with E-state index in [0.717, 1.165) is 0 Å². The summed E-state index contributed by atoms with van der Waals surface area (Å²) in [5.74, 6) is 0.495. The van der Waals surface area contributed by atoms with Crippen molar-refractivity contribution in [3.8, 4) is 0 Å². The average molecular weight is 291 g/mol. The Balaban J connectivity index is 2.07. The van der Waals surface area contributed by atoms with Gasteiger partial charge in [0.05, 0.1) is 13.1 Å². The van der Waals surface area contributed by atoms with Crippen LogP contribution in [0.25, 0.3) is 0 Å². The molecule has 0 radical (unpaired) electrons. The summed E-state index contributed by atoms with van der Waals surface area (Å²) in [6.07, 6.45) is 0. The van der Waals surface area contributed by atoms with Gasteiger partial charge in [-0.25, -0.2) is 9.78 Å². The van der Waals surface area contributed by atoms with Crippen LogP contribution in [0.2, 0.25) is 0 Å². The zero-order chi connectivity index (χ0) is 15.6. The molecule has 0 aliphatic carbocycles. The van der Waals surface area contributed by atoms with Crippen molar-refractivity contribution in [1.82, 2.24) is 14.9 Å². The lowest BCUT2D eigenvalue weighted by Gasteiger charge is -2.14. The maximum atomic E-state index is 11.4. The Morgan fingerprint density at radius 3 is 2.67 bits per heavy atom. The minimum Gasteiger partial charge on any atom is -0.478 e. The molecular formula is C14H17N3O4. The molecule has 0 amide bonds. The Bertz CT molecular complexity index is 717. The number of carboxylic acid groups (broad SMARTS) is 1. The van der Waals surface area contributed by atoms with Gasteiger partial charge < -0.3 is 14.5 Å². The monoisotopic (exact) mass is 291 g/mol. The van der Waals surface area contributed by atoms with Crippen LogP contribution in [0.15, 0.2) is 21.3 Å². The standard InChI is InChI=1S/C14H17N3O4/c1-8-4-13(18)16-12(15-8)7-17(3)6-10-5-11(14(19)20)9(2)21-10/h4-5H,6-7H2,1-3H3,(H,19,20)(H,15,16,18). The van der Waals surface area contributed by atoms with Crippen LogP contribution in [0.1, 0.15) is 33.4 Å². The smallest absolute Gasteiger partial charge is 0.339 e. The number of hydrogen-bond acceptors (Lipinski definition) is 5. The Morgan fingerprint density at radius 2 is 2.10 bits per heavy atom. The number of aromatic amines is 1. The zero-order valence-corrected chi connectivity index (χ0v) is 12.1. The lowest BCUT2D eigenvalue weighted by molar-refractivity contribution is 0.0695. The first kappa shape index (κ1) is 15.0. The van der Waals surface area contributed by atoms with Crippen LogP contribution in [0.3, 0.4) is 0 Å². The quantitative estimate of drug-likeness (QED) is 0.861. The van der Waals surface area contributed by atoms with Crippen LogP contribution in [-0.2, 0) is 13.1 Å². The number of furan rings is 1. The van der Waals surface area contributed by atoms with Crippen LogP contribution in [0, 0.1) is 13.8 Å². The van der Waals surface area contributed by atoms with Gasteiger partial charge in [-0.3, -0.25) is 9.69 Å². The minimum absolute atomic E-state index is 0.167. The summed E-state index contributed by atoms with van der Waals surface area (Å²) in [4.78, 5) is 31.1. The van der Waals surface area contributed by atoms with Gasteiger partial charge in [0.1, 0.15) is 22.9 Å². The summed E-state index contributed by atoms with van der Waals surface area (Å²) >= 11 is 0. The van der Waals surface area contributed by atoms with E-state index in [9.17, 15) is 9.59 Å². The Kier molecular flexibility index (Phi) is 4.23. The molecule has 0 atom stereocenters. The molecule has 7 nitrogen and oxygen atoms in total. The first-order valence-electron chi connectivity index (χ1n) is 6.43. The fourth-order valence-electron chi connectivity index (χ4n) is 2.13. The van der Waals surface area contributed by atoms with E-state index in [1.165, 1.54) is 12.1 Å². The van der Waals surface area contributed by atoms with Crippen LogP contribution in [0.4, 0.5) is 0 Å². The summed E-state index contributed by atoms with van der Waals surface area (Å²) in [6, 6.07) is 2.94. The molecule has 0 bridgehead atoms. The van der Waals surface area contributed by atoms with Gasteiger partial charge in [0, 0.05) is 11.8 Å². The number of aryl methyl sites for hydroxylation is 2. The molecule has 0 saturated carbocycles. The van der Waals surface area contributed by atoms with E-state index >= 15 is 0 Å². The van der Waals surface area contributed by atoms with E-state index in [2.05, 4.69) is 9.97 Å². The Hall–Kier alpha value is -2.41. The van der Waals surface area contributed by atoms with Gasteiger partial charge in [-0.15, -0.1) is 0 Å². The van der Waals surface area contributed by atoms with E-state index < -0.39 is 5.97 Å². The van der Waals surface area contributed by atoms with Gasteiger partial charge in [0.25, 0.3) is 5.56 Å². The molecule has 0 fully saturated rings. The highest BCUT2D eigenvalue weighted by atomic mass is 16.4. The number of H-pyrrole nitrogens is 1. The molecule has 7 heteroatoms. The largest absolute Gasteiger partial charge is 0.478 e. The molecule has 2 aromatic rings. The third kappa shape index (κ3) is 3.79.